The van der Waals surface area contributed by atoms with Gasteiger partial charge in [-0.05, 0) is 18.2 Å². The number of anilines is 2. The first-order valence-corrected chi connectivity index (χ1v) is 10.8. The third-order valence-corrected chi connectivity index (χ3v) is 5.44. The molecule has 0 saturated carbocycles. The number of morpholine rings is 1. The van der Waals surface area contributed by atoms with Gasteiger partial charge in [-0.2, -0.15) is 5.10 Å². The zero-order valence-corrected chi connectivity index (χ0v) is 19.4. The van der Waals surface area contributed by atoms with Crippen molar-refractivity contribution in [1.29, 1.82) is 0 Å². The number of esters is 1. The monoisotopic (exact) mass is 486 g/mol. The van der Waals surface area contributed by atoms with Crippen molar-refractivity contribution in [3.8, 4) is 17.0 Å². The first-order chi connectivity index (χ1) is 16.5. The molecule has 1 aliphatic heterocycles. The lowest BCUT2D eigenvalue weighted by Gasteiger charge is -2.27. The zero-order valence-electron chi connectivity index (χ0n) is 18.7. The number of halogens is 1. The van der Waals surface area contributed by atoms with Crippen LogP contribution in [0, 0.1) is 0 Å². The third kappa shape index (κ3) is 5.26. The molecule has 3 aromatic rings. The first-order valence-electron chi connectivity index (χ1n) is 10.4. The van der Waals surface area contributed by atoms with Crippen molar-refractivity contribution in [3.63, 3.8) is 0 Å². The number of rotatable bonds is 7. The maximum atomic E-state index is 12.8. The first kappa shape index (κ1) is 23.5. The lowest BCUT2D eigenvalue weighted by Crippen LogP contribution is -2.40. The van der Waals surface area contributed by atoms with Crippen LogP contribution in [0.25, 0.3) is 11.3 Å². The fraction of sp³-hybridized carbons (Fsp3) is 0.318. The van der Waals surface area contributed by atoms with Crippen molar-refractivity contribution in [3.05, 3.63) is 47.4 Å². The molecule has 1 aromatic carbocycles. The topological polar surface area (TPSA) is 121 Å². The number of ether oxygens (including phenoxy) is 3. The van der Waals surface area contributed by atoms with Gasteiger partial charge < -0.3 is 24.4 Å². The van der Waals surface area contributed by atoms with Crippen LogP contribution in [0.15, 0.2) is 36.8 Å². The average Bonchev–Trinajstić information content (AvgIpc) is 3.33. The maximum absolute atomic E-state index is 12.8. The highest BCUT2D eigenvalue weighted by Gasteiger charge is 2.20. The normalized spacial score (nSPS) is 13.4. The largest absolute Gasteiger partial charge is 0.495 e. The molecule has 4 rings (SSSR count). The molecule has 34 heavy (non-hydrogen) atoms. The smallest absolute Gasteiger partial charge is 0.327 e. The molecule has 2 aromatic heterocycles. The summed E-state index contributed by atoms with van der Waals surface area (Å²) in [5.41, 5.74) is 2.14. The number of hydrogen-bond donors (Lipinski definition) is 1. The summed E-state index contributed by atoms with van der Waals surface area (Å²) in [6.45, 7) is 2.13. The van der Waals surface area contributed by atoms with Gasteiger partial charge in [0.1, 0.15) is 12.3 Å². The van der Waals surface area contributed by atoms with Crippen LogP contribution in [0.2, 0.25) is 5.02 Å². The van der Waals surface area contributed by atoms with Crippen LogP contribution in [0.5, 0.6) is 5.75 Å². The molecule has 3 heterocycles. The van der Waals surface area contributed by atoms with E-state index >= 15 is 0 Å². The van der Waals surface area contributed by atoms with E-state index in [1.807, 2.05) is 0 Å². The second-order valence-electron chi connectivity index (χ2n) is 7.34. The van der Waals surface area contributed by atoms with Gasteiger partial charge in [-0.3, -0.25) is 14.3 Å². The van der Waals surface area contributed by atoms with Gasteiger partial charge in [0.2, 0.25) is 5.95 Å². The summed E-state index contributed by atoms with van der Waals surface area (Å²) >= 11 is 6.31. The van der Waals surface area contributed by atoms with E-state index in [1.165, 1.54) is 25.1 Å². The number of nitrogens with one attached hydrogen (secondary N) is 1. The van der Waals surface area contributed by atoms with Crippen LogP contribution in [-0.4, -0.2) is 77.0 Å². The van der Waals surface area contributed by atoms with Crippen LogP contribution < -0.4 is 10.1 Å². The van der Waals surface area contributed by atoms with E-state index in [9.17, 15) is 9.59 Å². The average molecular weight is 487 g/mol. The minimum Gasteiger partial charge on any atom is -0.495 e. The Morgan fingerprint density at radius 3 is 2.74 bits per heavy atom. The number of hydrogen-bond acceptors (Lipinski definition) is 9. The summed E-state index contributed by atoms with van der Waals surface area (Å²) in [6, 6.07) is 5.13. The van der Waals surface area contributed by atoms with Crippen LogP contribution >= 0.6 is 11.6 Å². The molecule has 1 fully saturated rings. The van der Waals surface area contributed by atoms with E-state index < -0.39 is 5.97 Å². The van der Waals surface area contributed by atoms with Gasteiger partial charge in [0.15, 0.2) is 0 Å². The summed E-state index contributed by atoms with van der Waals surface area (Å²) < 4.78 is 16.9. The number of carbonyl (C=O) groups excluding carboxylic acids is 2. The van der Waals surface area contributed by atoms with Gasteiger partial charge in [-0.15, -0.1) is 0 Å². The number of nitrogens with zero attached hydrogens (tertiary/aromatic N) is 5. The van der Waals surface area contributed by atoms with Crippen molar-refractivity contribution >= 4 is 35.1 Å². The van der Waals surface area contributed by atoms with Crippen molar-refractivity contribution < 1.29 is 23.8 Å². The second kappa shape index (κ2) is 10.5. The second-order valence-corrected chi connectivity index (χ2v) is 7.74. The molecule has 1 amide bonds. The highest BCUT2D eigenvalue weighted by atomic mass is 35.5. The molecule has 11 nitrogen and oxygen atoms in total. The number of methoxy groups -OCH3 is 2. The maximum Gasteiger partial charge on any atom is 0.327 e. The van der Waals surface area contributed by atoms with E-state index in [0.29, 0.717) is 59.6 Å². The molecule has 178 valence electrons. The molecule has 0 bridgehead atoms. The number of aromatic nitrogens is 4. The molecule has 0 atom stereocenters. The summed E-state index contributed by atoms with van der Waals surface area (Å²) in [4.78, 5) is 34.7. The molecular formula is C22H23ClN6O5. The predicted molar refractivity (Wildman–Crippen MR) is 123 cm³/mol. The molecule has 1 aliphatic rings. The fourth-order valence-electron chi connectivity index (χ4n) is 3.40. The van der Waals surface area contributed by atoms with E-state index in [0.717, 1.165) is 0 Å². The number of carbonyl (C=O) groups is 2. The lowest BCUT2D eigenvalue weighted by atomic mass is 10.1. The van der Waals surface area contributed by atoms with Gasteiger partial charge in [0, 0.05) is 30.4 Å². The summed E-state index contributed by atoms with van der Waals surface area (Å²) in [5.74, 6) is 0.228. The van der Waals surface area contributed by atoms with E-state index in [4.69, 9.17) is 21.1 Å². The van der Waals surface area contributed by atoms with Crippen molar-refractivity contribution in [2.24, 2.45) is 0 Å². The minimum absolute atomic E-state index is 0.0307. The Kier molecular flexibility index (Phi) is 7.24. The number of amides is 1. The standard InChI is InChI=1S/C22H23ClN6O5/c1-32-18-9-14(21(31)28-5-7-34-8-6-28)3-4-17(18)26-22-24-11-16(23)20(27-22)15-10-25-29(12-15)13-19(30)33-2/h3-4,9-12H,5-8,13H2,1-2H3,(H,24,26,27). The van der Waals surface area contributed by atoms with Crippen LogP contribution in [0.1, 0.15) is 10.4 Å². The predicted octanol–water partition coefficient (Wildman–Crippen LogP) is 2.39. The van der Waals surface area contributed by atoms with Gasteiger partial charge in [0.05, 0.1) is 56.2 Å². The lowest BCUT2D eigenvalue weighted by molar-refractivity contribution is -0.141. The van der Waals surface area contributed by atoms with Crippen LogP contribution in [-0.2, 0) is 20.8 Å². The Balaban J connectivity index is 1.54. The SMILES string of the molecule is COC(=O)Cn1cc(-c2nc(Nc3ccc(C(=O)N4CCOCC4)cc3OC)ncc2Cl)cn1. The highest BCUT2D eigenvalue weighted by molar-refractivity contribution is 6.32. The van der Waals surface area contributed by atoms with E-state index in [1.54, 1.807) is 35.5 Å². The summed E-state index contributed by atoms with van der Waals surface area (Å²) in [7, 11) is 2.83. The minimum atomic E-state index is -0.423. The zero-order chi connectivity index (χ0) is 24.1. The third-order valence-electron chi connectivity index (χ3n) is 5.16. The summed E-state index contributed by atoms with van der Waals surface area (Å²) in [6.07, 6.45) is 4.65. The molecule has 1 saturated heterocycles. The molecule has 0 radical (unpaired) electrons. The van der Waals surface area contributed by atoms with Crippen molar-refractivity contribution in [2.75, 3.05) is 45.8 Å². The van der Waals surface area contributed by atoms with Crippen LogP contribution in [0.4, 0.5) is 11.6 Å². The van der Waals surface area contributed by atoms with Crippen molar-refractivity contribution in [1.82, 2.24) is 24.6 Å². The Labute approximate surface area is 200 Å². The van der Waals surface area contributed by atoms with E-state index in [2.05, 4.69) is 25.1 Å². The Morgan fingerprint density at radius 1 is 1.21 bits per heavy atom. The number of benzene rings is 1. The molecular weight excluding hydrogens is 464 g/mol. The highest BCUT2D eigenvalue weighted by Crippen LogP contribution is 2.31. The Bertz CT molecular complexity index is 1190. The van der Waals surface area contributed by atoms with E-state index in [-0.39, 0.29) is 18.4 Å². The van der Waals surface area contributed by atoms with Gasteiger partial charge in [-0.25, -0.2) is 9.97 Å². The van der Waals surface area contributed by atoms with Gasteiger partial charge in [0.25, 0.3) is 5.91 Å². The Morgan fingerprint density at radius 2 is 2.00 bits per heavy atom. The molecule has 12 heteroatoms. The quantitative estimate of drug-likeness (QED) is 0.501. The molecule has 0 unspecified atom stereocenters. The van der Waals surface area contributed by atoms with Gasteiger partial charge >= 0.3 is 5.97 Å². The van der Waals surface area contributed by atoms with Crippen molar-refractivity contribution in [2.45, 2.75) is 6.54 Å². The van der Waals surface area contributed by atoms with Crippen LogP contribution in [0.3, 0.4) is 0 Å². The molecule has 0 spiro atoms. The Hall–Kier alpha value is -3.70. The fourth-order valence-corrected chi connectivity index (χ4v) is 3.60. The molecule has 0 aliphatic carbocycles. The summed E-state index contributed by atoms with van der Waals surface area (Å²) in [5, 5.41) is 7.56. The molecule has 1 N–H and O–H groups in total. The van der Waals surface area contributed by atoms with Gasteiger partial charge in [-0.1, -0.05) is 11.6 Å².